The average Bonchev–Trinajstić information content (AvgIpc) is 2.91. The van der Waals surface area contributed by atoms with E-state index in [4.69, 9.17) is 11.6 Å². The summed E-state index contributed by atoms with van der Waals surface area (Å²) in [6.07, 6.45) is 0. The van der Waals surface area contributed by atoms with E-state index in [1.54, 1.807) is 11.3 Å². The van der Waals surface area contributed by atoms with Gasteiger partial charge in [-0.1, -0.05) is 23.7 Å². The molecule has 0 radical (unpaired) electrons. The molecule has 0 aliphatic carbocycles. The number of fused-ring (bicyclic) bond motifs is 1. The molecule has 21 heavy (non-hydrogen) atoms. The van der Waals surface area contributed by atoms with Crippen LogP contribution in [0.5, 0.6) is 0 Å². The van der Waals surface area contributed by atoms with Gasteiger partial charge in [-0.15, -0.1) is 11.3 Å². The number of anilines is 1. The first kappa shape index (κ1) is 14.4. The zero-order valence-electron chi connectivity index (χ0n) is 12.3. The number of benzene rings is 2. The fourth-order valence-electron chi connectivity index (χ4n) is 2.47. The van der Waals surface area contributed by atoms with Crippen molar-refractivity contribution in [2.24, 2.45) is 0 Å². The molecule has 0 atom stereocenters. The second kappa shape index (κ2) is 5.66. The summed E-state index contributed by atoms with van der Waals surface area (Å²) in [6.45, 7) is 7.19. The highest BCUT2D eigenvalue weighted by Crippen LogP contribution is 2.32. The molecule has 0 saturated heterocycles. The minimum Gasteiger partial charge on any atom is -0.378 e. The zero-order valence-corrected chi connectivity index (χ0v) is 13.9. The molecule has 0 bridgehead atoms. The molecule has 0 unspecified atom stereocenters. The van der Waals surface area contributed by atoms with Crippen LogP contribution in [0.1, 0.15) is 22.3 Å². The molecule has 2 nitrogen and oxygen atoms in total. The fraction of sp³-hybridized carbons (Fsp3) is 0.235. The minimum atomic E-state index is 0.717. The maximum absolute atomic E-state index is 6.32. The van der Waals surface area contributed by atoms with E-state index < -0.39 is 0 Å². The monoisotopic (exact) mass is 316 g/mol. The van der Waals surface area contributed by atoms with Crippen molar-refractivity contribution in [2.75, 3.05) is 5.32 Å². The molecule has 1 aromatic heterocycles. The van der Waals surface area contributed by atoms with Crippen LogP contribution in [0.25, 0.3) is 10.2 Å². The predicted octanol–water partition coefficient (Wildman–Crippen LogP) is 5.49. The Morgan fingerprint density at radius 1 is 1.10 bits per heavy atom. The standard InChI is InChI=1S/C17H17ClN2S/c1-10-6-12(3)13(7-11(10)2)8-19-16-14(18)4-5-15-17(16)20-9-21-15/h4-7,9,19H,8H2,1-3H3. The van der Waals surface area contributed by atoms with E-state index in [1.165, 1.54) is 22.3 Å². The average molecular weight is 317 g/mol. The number of nitrogens with zero attached hydrogens (tertiary/aromatic N) is 1. The summed E-state index contributed by atoms with van der Waals surface area (Å²) >= 11 is 7.95. The highest BCUT2D eigenvalue weighted by atomic mass is 35.5. The van der Waals surface area contributed by atoms with Crippen LogP contribution in [-0.2, 0) is 6.54 Å². The summed E-state index contributed by atoms with van der Waals surface area (Å²) in [7, 11) is 0. The molecule has 2 aromatic carbocycles. The van der Waals surface area contributed by atoms with Crippen LogP contribution in [-0.4, -0.2) is 4.98 Å². The van der Waals surface area contributed by atoms with Gasteiger partial charge in [0.15, 0.2) is 0 Å². The number of aryl methyl sites for hydroxylation is 3. The van der Waals surface area contributed by atoms with Crippen molar-refractivity contribution in [3.05, 3.63) is 57.1 Å². The highest BCUT2D eigenvalue weighted by Gasteiger charge is 2.09. The molecular weight excluding hydrogens is 300 g/mol. The van der Waals surface area contributed by atoms with Crippen molar-refractivity contribution < 1.29 is 0 Å². The number of hydrogen-bond donors (Lipinski definition) is 1. The van der Waals surface area contributed by atoms with Gasteiger partial charge in [0.2, 0.25) is 0 Å². The minimum absolute atomic E-state index is 0.717. The summed E-state index contributed by atoms with van der Waals surface area (Å²) in [5, 5.41) is 4.18. The number of hydrogen-bond acceptors (Lipinski definition) is 3. The first-order valence-corrected chi connectivity index (χ1v) is 8.14. The van der Waals surface area contributed by atoms with Gasteiger partial charge in [0.05, 0.1) is 20.9 Å². The van der Waals surface area contributed by atoms with Crippen molar-refractivity contribution >= 4 is 38.8 Å². The smallest absolute Gasteiger partial charge is 0.106 e. The topological polar surface area (TPSA) is 24.9 Å². The maximum atomic E-state index is 6.32. The van der Waals surface area contributed by atoms with Crippen LogP contribution < -0.4 is 5.32 Å². The van der Waals surface area contributed by atoms with Gasteiger partial charge < -0.3 is 5.32 Å². The molecule has 0 aliphatic rings. The van der Waals surface area contributed by atoms with Crippen LogP contribution in [0.4, 0.5) is 5.69 Å². The summed E-state index contributed by atoms with van der Waals surface area (Å²) in [5.41, 5.74) is 8.97. The predicted molar refractivity (Wildman–Crippen MR) is 92.6 cm³/mol. The Morgan fingerprint density at radius 2 is 1.86 bits per heavy atom. The van der Waals surface area contributed by atoms with Crippen LogP contribution in [0.3, 0.4) is 0 Å². The Hall–Kier alpha value is -1.58. The lowest BCUT2D eigenvalue weighted by molar-refractivity contribution is 1.10. The summed E-state index contributed by atoms with van der Waals surface area (Å²) in [4.78, 5) is 4.42. The number of thiazole rings is 1. The van der Waals surface area contributed by atoms with E-state index in [1.807, 2.05) is 17.6 Å². The third-order valence-corrected chi connectivity index (χ3v) is 4.97. The Balaban J connectivity index is 1.92. The quantitative estimate of drug-likeness (QED) is 0.691. The molecular formula is C17H17ClN2S. The Bertz CT molecular complexity index is 808. The molecule has 1 N–H and O–H groups in total. The van der Waals surface area contributed by atoms with E-state index in [9.17, 15) is 0 Å². The lowest BCUT2D eigenvalue weighted by atomic mass is 10.0. The first-order chi connectivity index (χ1) is 10.1. The van der Waals surface area contributed by atoms with Crippen molar-refractivity contribution in [1.82, 2.24) is 4.98 Å². The van der Waals surface area contributed by atoms with Crippen LogP contribution >= 0.6 is 22.9 Å². The van der Waals surface area contributed by atoms with Gasteiger partial charge >= 0.3 is 0 Å². The van der Waals surface area contributed by atoms with Crippen LogP contribution in [0.2, 0.25) is 5.02 Å². The van der Waals surface area contributed by atoms with Gasteiger partial charge in [-0.3, -0.25) is 0 Å². The SMILES string of the molecule is Cc1cc(C)c(CNc2c(Cl)ccc3scnc23)cc1C. The van der Waals surface area contributed by atoms with Gasteiger partial charge in [-0.25, -0.2) is 4.98 Å². The number of rotatable bonds is 3. The summed E-state index contributed by atoms with van der Waals surface area (Å²) < 4.78 is 1.15. The second-order valence-electron chi connectivity index (χ2n) is 5.34. The van der Waals surface area contributed by atoms with Gasteiger partial charge in [-0.05, 0) is 55.2 Å². The summed E-state index contributed by atoms with van der Waals surface area (Å²) in [5.74, 6) is 0. The molecule has 4 heteroatoms. The largest absolute Gasteiger partial charge is 0.378 e. The van der Waals surface area contributed by atoms with Gasteiger partial charge in [0.25, 0.3) is 0 Å². The maximum Gasteiger partial charge on any atom is 0.106 e. The lowest BCUT2D eigenvalue weighted by Crippen LogP contribution is -2.03. The lowest BCUT2D eigenvalue weighted by Gasteiger charge is -2.13. The molecule has 0 fully saturated rings. The normalized spacial score (nSPS) is 11.0. The van der Waals surface area contributed by atoms with Crippen molar-refractivity contribution in [1.29, 1.82) is 0 Å². The van der Waals surface area contributed by atoms with Crippen molar-refractivity contribution in [2.45, 2.75) is 27.3 Å². The molecule has 0 amide bonds. The Labute approximate surface area is 133 Å². The Morgan fingerprint density at radius 3 is 2.67 bits per heavy atom. The van der Waals surface area contributed by atoms with Gasteiger partial charge in [-0.2, -0.15) is 0 Å². The molecule has 108 valence electrons. The summed E-state index contributed by atoms with van der Waals surface area (Å²) in [6, 6.07) is 8.42. The molecule has 3 aromatic rings. The van der Waals surface area contributed by atoms with Gasteiger partial charge in [0.1, 0.15) is 5.52 Å². The second-order valence-corrected chi connectivity index (χ2v) is 6.63. The van der Waals surface area contributed by atoms with Crippen LogP contribution in [0.15, 0.2) is 29.8 Å². The number of aromatic nitrogens is 1. The van der Waals surface area contributed by atoms with E-state index in [-0.39, 0.29) is 0 Å². The van der Waals surface area contributed by atoms with Crippen molar-refractivity contribution in [3.63, 3.8) is 0 Å². The fourth-order valence-corrected chi connectivity index (χ4v) is 3.37. The highest BCUT2D eigenvalue weighted by molar-refractivity contribution is 7.16. The van der Waals surface area contributed by atoms with Gasteiger partial charge in [0, 0.05) is 6.54 Å². The van der Waals surface area contributed by atoms with E-state index in [2.05, 4.69) is 43.2 Å². The zero-order chi connectivity index (χ0) is 15.0. The first-order valence-electron chi connectivity index (χ1n) is 6.88. The third-order valence-electron chi connectivity index (χ3n) is 3.86. The molecule has 0 saturated carbocycles. The molecule has 3 rings (SSSR count). The molecule has 0 spiro atoms. The Kier molecular flexibility index (Phi) is 3.87. The number of nitrogens with one attached hydrogen (secondary N) is 1. The number of halogens is 1. The van der Waals surface area contributed by atoms with Crippen LogP contribution in [0, 0.1) is 20.8 Å². The van der Waals surface area contributed by atoms with E-state index in [0.29, 0.717) is 0 Å². The molecule has 0 aliphatic heterocycles. The van der Waals surface area contributed by atoms with Crippen molar-refractivity contribution in [3.8, 4) is 0 Å². The van der Waals surface area contributed by atoms with E-state index >= 15 is 0 Å². The third kappa shape index (κ3) is 2.76. The molecule has 1 heterocycles. The van der Waals surface area contributed by atoms with E-state index in [0.717, 1.165) is 27.5 Å².